The quantitative estimate of drug-likeness (QED) is 0.425. The van der Waals surface area contributed by atoms with Crippen LogP contribution >= 0.6 is 11.6 Å². The van der Waals surface area contributed by atoms with E-state index in [0.29, 0.717) is 5.88 Å². The molecule has 0 bridgehead atoms. The van der Waals surface area contributed by atoms with Crippen LogP contribution in [0.15, 0.2) is 12.4 Å². The summed E-state index contributed by atoms with van der Waals surface area (Å²) in [5.41, 5.74) is 0. The van der Waals surface area contributed by atoms with E-state index >= 15 is 0 Å². The van der Waals surface area contributed by atoms with Crippen molar-refractivity contribution in [3.05, 3.63) is 18.2 Å². The van der Waals surface area contributed by atoms with E-state index in [1.165, 1.54) is 0 Å². The standard InChI is InChI=1S/C5H7ClN2/c1-8-3-2-7-5(8)4-6/h2-3H,4H2,1H3/p+1. The first-order valence-corrected chi connectivity index (χ1v) is 2.96. The number of imidazole rings is 1. The zero-order valence-electron chi connectivity index (χ0n) is 4.69. The lowest BCUT2D eigenvalue weighted by molar-refractivity contribution is -0.676. The summed E-state index contributed by atoms with van der Waals surface area (Å²) < 4.78 is 1.95. The minimum atomic E-state index is 0.545. The molecule has 8 heavy (non-hydrogen) atoms. The Balaban J connectivity index is 2.92. The Labute approximate surface area is 53.1 Å². The molecule has 0 aliphatic carbocycles. The van der Waals surface area contributed by atoms with Gasteiger partial charge in [0.1, 0.15) is 18.3 Å². The summed E-state index contributed by atoms with van der Waals surface area (Å²) in [7, 11) is 1.95. The van der Waals surface area contributed by atoms with Crippen LogP contribution in [-0.4, -0.2) is 4.98 Å². The van der Waals surface area contributed by atoms with Gasteiger partial charge in [0.15, 0.2) is 0 Å². The maximum atomic E-state index is 5.52. The fourth-order valence-electron chi connectivity index (χ4n) is 0.570. The summed E-state index contributed by atoms with van der Waals surface area (Å²) in [4.78, 5) is 2.99. The van der Waals surface area contributed by atoms with E-state index in [9.17, 15) is 0 Å². The molecule has 0 fully saturated rings. The molecule has 0 unspecified atom stereocenters. The molecule has 1 rings (SSSR count). The number of alkyl halides is 1. The number of nitrogens with one attached hydrogen (secondary N) is 1. The predicted molar refractivity (Wildman–Crippen MR) is 31.5 cm³/mol. The van der Waals surface area contributed by atoms with Gasteiger partial charge in [-0.25, -0.2) is 9.55 Å². The predicted octanol–water partition coefficient (Wildman–Crippen LogP) is 0.578. The second kappa shape index (κ2) is 2.18. The molecular weight excluding hydrogens is 124 g/mol. The van der Waals surface area contributed by atoms with Gasteiger partial charge in [-0.3, -0.25) is 0 Å². The third-order valence-corrected chi connectivity index (χ3v) is 1.35. The average molecular weight is 132 g/mol. The van der Waals surface area contributed by atoms with E-state index in [1.807, 2.05) is 24.0 Å². The zero-order chi connectivity index (χ0) is 5.98. The molecule has 0 amide bonds. The normalized spacial score (nSPS) is 9.75. The van der Waals surface area contributed by atoms with Crippen molar-refractivity contribution in [1.29, 1.82) is 0 Å². The van der Waals surface area contributed by atoms with Crippen LogP contribution in [0.3, 0.4) is 0 Å². The fourth-order valence-corrected chi connectivity index (χ4v) is 0.836. The van der Waals surface area contributed by atoms with Crippen LogP contribution in [0.2, 0.25) is 0 Å². The highest BCUT2D eigenvalue weighted by atomic mass is 35.5. The van der Waals surface area contributed by atoms with Gasteiger partial charge in [-0.15, -0.1) is 11.6 Å². The second-order valence-corrected chi connectivity index (χ2v) is 1.92. The molecule has 1 N–H and O–H groups in total. The number of nitrogens with zero attached hydrogens (tertiary/aromatic N) is 1. The lowest BCUT2D eigenvalue weighted by atomic mass is 10.7. The van der Waals surface area contributed by atoms with Gasteiger partial charge >= 0.3 is 0 Å². The average Bonchev–Trinajstić information content (AvgIpc) is 2.14. The Morgan fingerprint density at radius 1 is 1.88 bits per heavy atom. The molecule has 0 saturated carbocycles. The minimum Gasteiger partial charge on any atom is -0.247 e. The van der Waals surface area contributed by atoms with Crippen molar-refractivity contribution in [2.45, 2.75) is 5.88 Å². The minimum absolute atomic E-state index is 0.545. The first-order valence-electron chi connectivity index (χ1n) is 2.42. The largest absolute Gasteiger partial charge is 0.269 e. The molecule has 0 saturated heterocycles. The van der Waals surface area contributed by atoms with Gasteiger partial charge in [0, 0.05) is 0 Å². The maximum Gasteiger partial charge on any atom is 0.269 e. The molecule has 1 aromatic rings. The Morgan fingerprint density at radius 3 is 2.88 bits per heavy atom. The SMILES string of the molecule is C[n+]1cc[nH]c1CCl. The molecule has 2 nitrogen and oxygen atoms in total. The fraction of sp³-hybridized carbons (Fsp3) is 0.400. The molecule has 1 aromatic heterocycles. The van der Waals surface area contributed by atoms with Crippen molar-refractivity contribution in [3.63, 3.8) is 0 Å². The number of aromatic amines is 1. The monoisotopic (exact) mass is 131 g/mol. The van der Waals surface area contributed by atoms with E-state index in [4.69, 9.17) is 11.6 Å². The van der Waals surface area contributed by atoms with Crippen LogP contribution in [-0.2, 0) is 12.9 Å². The van der Waals surface area contributed by atoms with Crippen molar-refractivity contribution in [2.24, 2.45) is 7.05 Å². The van der Waals surface area contributed by atoms with Gasteiger partial charge in [0.2, 0.25) is 0 Å². The Hall–Kier alpha value is -0.500. The van der Waals surface area contributed by atoms with Crippen LogP contribution < -0.4 is 4.57 Å². The van der Waals surface area contributed by atoms with Crippen molar-refractivity contribution < 1.29 is 4.57 Å². The molecule has 0 spiro atoms. The number of halogens is 1. The van der Waals surface area contributed by atoms with E-state index in [-0.39, 0.29) is 0 Å². The van der Waals surface area contributed by atoms with Crippen molar-refractivity contribution in [3.8, 4) is 0 Å². The molecule has 0 radical (unpaired) electrons. The summed E-state index contributed by atoms with van der Waals surface area (Å²) in [6.07, 6.45) is 3.79. The molecule has 0 aliphatic rings. The van der Waals surface area contributed by atoms with Gasteiger partial charge in [-0.05, 0) is 0 Å². The molecule has 3 heteroatoms. The van der Waals surface area contributed by atoms with Gasteiger partial charge in [0.25, 0.3) is 5.82 Å². The van der Waals surface area contributed by atoms with Gasteiger partial charge in [0.05, 0.1) is 7.05 Å². The van der Waals surface area contributed by atoms with Crippen LogP contribution in [0.25, 0.3) is 0 Å². The molecular formula is C5H8ClN2+. The first kappa shape index (κ1) is 5.63. The summed E-state index contributed by atoms with van der Waals surface area (Å²) in [6.45, 7) is 0. The number of rotatable bonds is 1. The first-order chi connectivity index (χ1) is 3.84. The third-order valence-electron chi connectivity index (χ3n) is 1.10. The number of hydrogen-bond acceptors (Lipinski definition) is 0. The zero-order valence-corrected chi connectivity index (χ0v) is 5.44. The summed E-state index contributed by atoms with van der Waals surface area (Å²) >= 11 is 5.52. The lowest BCUT2D eigenvalue weighted by Crippen LogP contribution is -2.29. The molecule has 0 atom stereocenters. The van der Waals surface area contributed by atoms with Crippen LogP contribution in [0, 0.1) is 0 Å². The maximum absolute atomic E-state index is 5.52. The highest BCUT2D eigenvalue weighted by Gasteiger charge is 2.00. The Bertz CT molecular complexity index is 171. The third kappa shape index (κ3) is 0.842. The summed E-state index contributed by atoms with van der Waals surface area (Å²) in [6, 6.07) is 0. The Morgan fingerprint density at radius 2 is 2.62 bits per heavy atom. The van der Waals surface area contributed by atoms with Crippen molar-refractivity contribution >= 4 is 11.6 Å². The van der Waals surface area contributed by atoms with E-state index in [0.717, 1.165) is 5.82 Å². The molecule has 44 valence electrons. The molecule has 1 heterocycles. The van der Waals surface area contributed by atoms with E-state index in [1.54, 1.807) is 0 Å². The van der Waals surface area contributed by atoms with Gasteiger partial charge in [-0.2, -0.15) is 0 Å². The second-order valence-electron chi connectivity index (χ2n) is 1.65. The topological polar surface area (TPSA) is 19.7 Å². The highest BCUT2D eigenvalue weighted by Crippen LogP contribution is 1.88. The smallest absolute Gasteiger partial charge is 0.247 e. The van der Waals surface area contributed by atoms with E-state index < -0.39 is 0 Å². The Kier molecular flexibility index (Phi) is 1.53. The number of H-pyrrole nitrogens is 1. The highest BCUT2D eigenvalue weighted by molar-refractivity contribution is 6.16. The summed E-state index contributed by atoms with van der Waals surface area (Å²) in [5, 5.41) is 0. The number of aromatic nitrogens is 2. The lowest BCUT2D eigenvalue weighted by Gasteiger charge is -1.82. The van der Waals surface area contributed by atoms with Crippen LogP contribution in [0.5, 0.6) is 0 Å². The van der Waals surface area contributed by atoms with Crippen molar-refractivity contribution in [2.75, 3.05) is 0 Å². The van der Waals surface area contributed by atoms with Gasteiger partial charge < -0.3 is 0 Å². The number of aryl methyl sites for hydroxylation is 1. The summed E-state index contributed by atoms with van der Waals surface area (Å²) in [5.74, 6) is 1.58. The molecule has 0 aromatic carbocycles. The number of hydrogen-bond donors (Lipinski definition) is 1. The molecule has 0 aliphatic heterocycles. The van der Waals surface area contributed by atoms with E-state index in [2.05, 4.69) is 4.98 Å². The van der Waals surface area contributed by atoms with Crippen LogP contribution in [0.4, 0.5) is 0 Å². The van der Waals surface area contributed by atoms with Gasteiger partial charge in [-0.1, -0.05) is 0 Å². The van der Waals surface area contributed by atoms with Crippen LogP contribution in [0.1, 0.15) is 5.82 Å². The van der Waals surface area contributed by atoms with Crippen molar-refractivity contribution in [1.82, 2.24) is 4.98 Å².